The highest BCUT2D eigenvalue weighted by Crippen LogP contribution is 2.27. The Morgan fingerprint density at radius 3 is 2.45 bits per heavy atom. The maximum absolute atomic E-state index is 12.8. The molecule has 0 radical (unpaired) electrons. The molecule has 0 spiro atoms. The first kappa shape index (κ1) is 16.0. The SMILES string of the molecule is CCCN(C1CCNC1)S(=O)(=O)c1cc(Cl)cc(Cl)c1. The summed E-state index contributed by atoms with van der Waals surface area (Å²) in [4.78, 5) is 0.162. The van der Waals surface area contributed by atoms with Gasteiger partial charge in [0.15, 0.2) is 0 Å². The second kappa shape index (κ2) is 6.62. The van der Waals surface area contributed by atoms with E-state index in [1.54, 1.807) is 4.31 Å². The van der Waals surface area contributed by atoms with Gasteiger partial charge in [0.2, 0.25) is 10.0 Å². The standard InChI is InChI=1S/C13H18Cl2N2O2S/c1-2-5-17(12-3-4-16-9-12)20(18,19)13-7-10(14)6-11(15)8-13/h6-8,12,16H,2-5,9H2,1H3. The van der Waals surface area contributed by atoms with Gasteiger partial charge in [-0.15, -0.1) is 0 Å². The number of rotatable bonds is 5. The Balaban J connectivity index is 2.38. The molecule has 20 heavy (non-hydrogen) atoms. The van der Waals surface area contributed by atoms with Crippen molar-refractivity contribution < 1.29 is 8.42 Å². The highest BCUT2D eigenvalue weighted by atomic mass is 35.5. The zero-order valence-corrected chi connectivity index (χ0v) is 13.6. The van der Waals surface area contributed by atoms with Gasteiger partial charge in [0.1, 0.15) is 0 Å². The van der Waals surface area contributed by atoms with Crippen molar-refractivity contribution in [1.82, 2.24) is 9.62 Å². The summed E-state index contributed by atoms with van der Waals surface area (Å²) in [5, 5.41) is 3.86. The fourth-order valence-electron chi connectivity index (χ4n) is 2.42. The Morgan fingerprint density at radius 2 is 1.95 bits per heavy atom. The molecular formula is C13H18Cl2N2O2S. The molecule has 2 rings (SSSR count). The van der Waals surface area contributed by atoms with Gasteiger partial charge in [-0.05, 0) is 37.6 Å². The summed E-state index contributed by atoms with van der Waals surface area (Å²) in [6.07, 6.45) is 1.59. The van der Waals surface area contributed by atoms with E-state index >= 15 is 0 Å². The number of halogens is 2. The maximum Gasteiger partial charge on any atom is 0.243 e. The molecule has 1 atom stereocenters. The molecule has 0 aliphatic carbocycles. The van der Waals surface area contributed by atoms with E-state index in [9.17, 15) is 8.42 Å². The summed E-state index contributed by atoms with van der Waals surface area (Å²) in [5.74, 6) is 0. The average Bonchev–Trinajstić information content (AvgIpc) is 2.88. The summed E-state index contributed by atoms with van der Waals surface area (Å²) < 4.78 is 27.2. The van der Waals surface area contributed by atoms with Crippen molar-refractivity contribution in [3.8, 4) is 0 Å². The van der Waals surface area contributed by atoms with Crippen LogP contribution in [0.25, 0.3) is 0 Å². The first-order chi connectivity index (χ1) is 9.45. The van der Waals surface area contributed by atoms with E-state index in [1.165, 1.54) is 18.2 Å². The van der Waals surface area contributed by atoms with Crippen molar-refractivity contribution in [2.45, 2.75) is 30.7 Å². The molecule has 0 bridgehead atoms. The van der Waals surface area contributed by atoms with Gasteiger partial charge in [-0.3, -0.25) is 0 Å². The molecule has 0 aromatic heterocycles. The summed E-state index contributed by atoms with van der Waals surface area (Å²) in [6, 6.07) is 4.43. The minimum atomic E-state index is -3.57. The lowest BCUT2D eigenvalue weighted by molar-refractivity contribution is 0.335. The number of hydrogen-bond donors (Lipinski definition) is 1. The molecule has 1 aromatic carbocycles. The smallest absolute Gasteiger partial charge is 0.243 e. The van der Waals surface area contributed by atoms with Gasteiger partial charge in [-0.1, -0.05) is 30.1 Å². The molecule has 112 valence electrons. The quantitative estimate of drug-likeness (QED) is 0.899. The Bertz CT molecular complexity index is 551. The van der Waals surface area contributed by atoms with Gasteiger partial charge in [0.25, 0.3) is 0 Å². The summed E-state index contributed by atoms with van der Waals surface area (Å²) in [6.45, 7) is 4.00. The average molecular weight is 337 g/mol. The van der Waals surface area contributed by atoms with Crippen molar-refractivity contribution in [2.75, 3.05) is 19.6 Å². The van der Waals surface area contributed by atoms with E-state index < -0.39 is 10.0 Å². The Hall–Kier alpha value is -0.330. The molecule has 7 heteroatoms. The van der Waals surface area contributed by atoms with Crippen LogP contribution in [0, 0.1) is 0 Å². The van der Waals surface area contributed by atoms with Gasteiger partial charge >= 0.3 is 0 Å². The van der Waals surface area contributed by atoms with Crippen LogP contribution in [0.1, 0.15) is 19.8 Å². The third-order valence-electron chi connectivity index (χ3n) is 3.33. The molecule has 1 aromatic rings. The molecule has 1 N–H and O–H groups in total. The Morgan fingerprint density at radius 1 is 1.30 bits per heavy atom. The minimum Gasteiger partial charge on any atom is -0.315 e. The third-order valence-corrected chi connectivity index (χ3v) is 5.69. The lowest BCUT2D eigenvalue weighted by Crippen LogP contribution is -2.42. The largest absolute Gasteiger partial charge is 0.315 e. The molecule has 1 aliphatic rings. The van der Waals surface area contributed by atoms with E-state index in [-0.39, 0.29) is 10.9 Å². The fraction of sp³-hybridized carbons (Fsp3) is 0.538. The molecule has 1 saturated heterocycles. The lowest BCUT2D eigenvalue weighted by Gasteiger charge is -2.27. The highest BCUT2D eigenvalue weighted by Gasteiger charge is 2.32. The van der Waals surface area contributed by atoms with Crippen LogP contribution >= 0.6 is 23.2 Å². The molecule has 4 nitrogen and oxygen atoms in total. The van der Waals surface area contributed by atoms with E-state index in [4.69, 9.17) is 23.2 Å². The van der Waals surface area contributed by atoms with Crippen LogP contribution in [-0.2, 0) is 10.0 Å². The summed E-state index contributed by atoms with van der Waals surface area (Å²) in [7, 11) is -3.57. The number of sulfonamides is 1. The zero-order chi connectivity index (χ0) is 14.8. The van der Waals surface area contributed by atoms with Gasteiger partial charge in [-0.2, -0.15) is 4.31 Å². The second-order valence-corrected chi connectivity index (χ2v) is 7.63. The molecule has 0 saturated carbocycles. The lowest BCUT2D eigenvalue weighted by atomic mass is 10.2. The number of benzene rings is 1. The first-order valence-corrected chi connectivity index (χ1v) is 8.83. The zero-order valence-electron chi connectivity index (χ0n) is 11.3. The molecule has 1 fully saturated rings. The third kappa shape index (κ3) is 3.46. The molecule has 1 unspecified atom stereocenters. The van der Waals surface area contributed by atoms with Crippen LogP contribution in [0.15, 0.2) is 23.1 Å². The van der Waals surface area contributed by atoms with Crippen molar-refractivity contribution in [3.05, 3.63) is 28.2 Å². The number of nitrogens with one attached hydrogen (secondary N) is 1. The number of hydrogen-bond acceptors (Lipinski definition) is 3. The maximum atomic E-state index is 12.8. The van der Waals surface area contributed by atoms with Crippen LogP contribution in [0.4, 0.5) is 0 Å². The monoisotopic (exact) mass is 336 g/mol. The van der Waals surface area contributed by atoms with Crippen molar-refractivity contribution >= 4 is 33.2 Å². The van der Waals surface area contributed by atoms with E-state index in [2.05, 4.69) is 5.32 Å². The topological polar surface area (TPSA) is 49.4 Å². The van der Waals surface area contributed by atoms with Crippen LogP contribution in [-0.4, -0.2) is 38.4 Å². The first-order valence-electron chi connectivity index (χ1n) is 6.64. The predicted molar refractivity (Wildman–Crippen MR) is 81.9 cm³/mol. The van der Waals surface area contributed by atoms with Gasteiger partial charge in [-0.25, -0.2) is 8.42 Å². The van der Waals surface area contributed by atoms with Crippen LogP contribution in [0.5, 0.6) is 0 Å². The minimum absolute atomic E-state index is 0.00212. The van der Waals surface area contributed by atoms with Crippen LogP contribution in [0.2, 0.25) is 10.0 Å². The van der Waals surface area contributed by atoms with Gasteiger partial charge in [0, 0.05) is 29.2 Å². The van der Waals surface area contributed by atoms with Crippen LogP contribution in [0.3, 0.4) is 0 Å². The summed E-state index contributed by atoms with van der Waals surface area (Å²) in [5.41, 5.74) is 0. The highest BCUT2D eigenvalue weighted by molar-refractivity contribution is 7.89. The predicted octanol–water partition coefficient (Wildman–Crippen LogP) is 2.76. The van der Waals surface area contributed by atoms with Crippen LogP contribution < -0.4 is 5.32 Å². The van der Waals surface area contributed by atoms with E-state index in [0.717, 1.165) is 19.4 Å². The van der Waals surface area contributed by atoms with Crippen molar-refractivity contribution in [2.24, 2.45) is 0 Å². The molecular weight excluding hydrogens is 319 g/mol. The van der Waals surface area contributed by atoms with Gasteiger partial charge in [0.05, 0.1) is 4.90 Å². The van der Waals surface area contributed by atoms with Gasteiger partial charge < -0.3 is 5.32 Å². The molecule has 0 amide bonds. The summed E-state index contributed by atoms with van der Waals surface area (Å²) >= 11 is 11.8. The molecule has 1 heterocycles. The fourth-order valence-corrected chi connectivity index (χ4v) is 4.89. The van der Waals surface area contributed by atoms with E-state index in [1.807, 2.05) is 6.92 Å². The normalized spacial score (nSPS) is 19.7. The Labute approximate surface area is 130 Å². The van der Waals surface area contributed by atoms with Crippen molar-refractivity contribution in [3.63, 3.8) is 0 Å². The van der Waals surface area contributed by atoms with Crippen molar-refractivity contribution in [1.29, 1.82) is 0 Å². The Kier molecular flexibility index (Phi) is 5.31. The van der Waals surface area contributed by atoms with E-state index in [0.29, 0.717) is 23.1 Å². The second-order valence-electron chi connectivity index (χ2n) is 4.87. The number of nitrogens with zero attached hydrogens (tertiary/aromatic N) is 1. The molecule has 1 aliphatic heterocycles.